The SMILES string of the molecule is C[C@H](NC1CCC1)c1ccco1. The molecule has 1 aliphatic rings. The van der Waals surface area contributed by atoms with E-state index in [9.17, 15) is 0 Å². The van der Waals surface area contributed by atoms with Crippen molar-refractivity contribution in [3.8, 4) is 0 Å². The summed E-state index contributed by atoms with van der Waals surface area (Å²) in [7, 11) is 0. The van der Waals surface area contributed by atoms with Gasteiger partial charge < -0.3 is 9.73 Å². The number of hydrogen-bond acceptors (Lipinski definition) is 2. The Kier molecular flexibility index (Phi) is 2.17. The van der Waals surface area contributed by atoms with Gasteiger partial charge in [-0.05, 0) is 31.9 Å². The molecule has 0 spiro atoms. The molecule has 12 heavy (non-hydrogen) atoms. The summed E-state index contributed by atoms with van der Waals surface area (Å²) in [6, 6.07) is 5.06. The molecule has 1 fully saturated rings. The topological polar surface area (TPSA) is 25.2 Å². The van der Waals surface area contributed by atoms with Crippen molar-refractivity contribution >= 4 is 0 Å². The smallest absolute Gasteiger partial charge is 0.120 e. The van der Waals surface area contributed by atoms with E-state index in [-0.39, 0.29) is 0 Å². The fourth-order valence-electron chi connectivity index (χ4n) is 1.55. The Morgan fingerprint density at radius 1 is 1.58 bits per heavy atom. The maximum Gasteiger partial charge on any atom is 0.120 e. The van der Waals surface area contributed by atoms with Crippen LogP contribution in [0.4, 0.5) is 0 Å². The van der Waals surface area contributed by atoms with Gasteiger partial charge in [-0.3, -0.25) is 0 Å². The maximum atomic E-state index is 5.30. The van der Waals surface area contributed by atoms with Gasteiger partial charge in [0, 0.05) is 6.04 Å². The second-order valence-corrected chi connectivity index (χ2v) is 3.53. The first-order valence-electron chi connectivity index (χ1n) is 4.66. The van der Waals surface area contributed by atoms with Crippen molar-refractivity contribution in [3.05, 3.63) is 24.2 Å². The molecule has 66 valence electrons. The highest BCUT2D eigenvalue weighted by Gasteiger charge is 2.20. The van der Waals surface area contributed by atoms with Crippen LogP contribution in [0, 0.1) is 0 Å². The molecule has 1 aliphatic carbocycles. The molecule has 1 atom stereocenters. The van der Waals surface area contributed by atoms with Crippen molar-refractivity contribution in [3.63, 3.8) is 0 Å². The van der Waals surface area contributed by atoms with Crippen molar-refractivity contribution in [2.75, 3.05) is 0 Å². The summed E-state index contributed by atoms with van der Waals surface area (Å²) in [6.45, 7) is 2.15. The van der Waals surface area contributed by atoms with E-state index < -0.39 is 0 Å². The van der Waals surface area contributed by atoms with Gasteiger partial charge in [-0.1, -0.05) is 6.42 Å². The van der Waals surface area contributed by atoms with Gasteiger partial charge in [0.05, 0.1) is 12.3 Å². The van der Waals surface area contributed by atoms with Crippen LogP contribution in [0.15, 0.2) is 22.8 Å². The summed E-state index contributed by atoms with van der Waals surface area (Å²) >= 11 is 0. The van der Waals surface area contributed by atoms with Gasteiger partial charge in [-0.2, -0.15) is 0 Å². The summed E-state index contributed by atoms with van der Waals surface area (Å²) in [5.41, 5.74) is 0. The third-order valence-corrected chi connectivity index (χ3v) is 2.56. The van der Waals surface area contributed by atoms with Crippen molar-refractivity contribution < 1.29 is 4.42 Å². The van der Waals surface area contributed by atoms with Crippen molar-refractivity contribution in [1.82, 2.24) is 5.32 Å². The van der Waals surface area contributed by atoms with E-state index in [0.29, 0.717) is 6.04 Å². The fraction of sp³-hybridized carbons (Fsp3) is 0.600. The van der Waals surface area contributed by atoms with E-state index in [1.807, 2.05) is 12.1 Å². The Bertz CT molecular complexity index is 226. The molecule has 2 rings (SSSR count). The Labute approximate surface area is 73.0 Å². The second kappa shape index (κ2) is 3.31. The first-order chi connectivity index (χ1) is 5.86. The fourth-order valence-corrected chi connectivity index (χ4v) is 1.55. The van der Waals surface area contributed by atoms with Gasteiger partial charge in [-0.15, -0.1) is 0 Å². The zero-order valence-corrected chi connectivity index (χ0v) is 7.42. The van der Waals surface area contributed by atoms with Crippen LogP contribution >= 0.6 is 0 Å². The van der Waals surface area contributed by atoms with E-state index in [4.69, 9.17) is 4.42 Å². The molecule has 0 radical (unpaired) electrons. The zero-order chi connectivity index (χ0) is 8.39. The van der Waals surface area contributed by atoms with Crippen LogP contribution in [0.5, 0.6) is 0 Å². The minimum Gasteiger partial charge on any atom is -0.468 e. The van der Waals surface area contributed by atoms with Crippen LogP contribution in [0.3, 0.4) is 0 Å². The minimum absolute atomic E-state index is 0.366. The maximum absolute atomic E-state index is 5.30. The monoisotopic (exact) mass is 165 g/mol. The van der Waals surface area contributed by atoms with Gasteiger partial charge >= 0.3 is 0 Å². The van der Waals surface area contributed by atoms with Gasteiger partial charge in [0.2, 0.25) is 0 Å². The number of hydrogen-bond donors (Lipinski definition) is 1. The lowest BCUT2D eigenvalue weighted by Gasteiger charge is -2.29. The van der Waals surface area contributed by atoms with E-state index in [2.05, 4.69) is 12.2 Å². The molecular weight excluding hydrogens is 150 g/mol. The van der Waals surface area contributed by atoms with Gasteiger partial charge in [0.1, 0.15) is 5.76 Å². The minimum atomic E-state index is 0.366. The van der Waals surface area contributed by atoms with E-state index in [1.54, 1.807) is 6.26 Å². The molecule has 2 nitrogen and oxygen atoms in total. The highest BCUT2D eigenvalue weighted by atomic mass is 16.3. The first-order valence-corrected chi connectivity index (χ1v) is 4.66. The largest absolute Gasteiger partial charge is 0.468 e. The van der Waals surface area contributed by atoms with Crippen LogP contribution in [0.1, 0.15) is 38.0 Å². The summed E-state index contributed by atoms with van der Waals surface area (Å²) in [6.07, 6.45) is 5.76. The molecule has 0 amide bonds. The Hall–Kier alpha value is -0.760. The standard InChI is InChI=1S/C10H15NO/c1-8(10-6-3-7-12-10)11-9-4-2-5-9/h3,6-9,11H,2,4-5H2,1H3/t8-/m0/s1. The molecule has 0 bridgehead atoms. The number of rotatable bonds is 3. The highest BCUT2D eigenvalue weighted by molar-refractivity contribution is 5.03. The average Bonchev–Trinajstić information content (AvgIpc) is 2.47. The molecule has 1 heterocycles. The number of furan rings is 1. The summed E-state index contributed by atoms with van der Waals surface area (Å²) in [4.78, 5) is 0. The zero-order valence-electron chi connectivity index (χ0n) is 7.42. The third-order valence-electron chi connectivity index (χ3n) is 2.56. The van der Waals surface area contributed by atoms with Crippen molar-refractivity contribution in [1.29, 1.82) is 0 Å². The molecular formula is C10H15NO. The molecule has 1 saturated carbocycles. The van der Waals surface area contributed by atoms with Crippen LogP contribution < -0.4 is 5.32 Å². The van der Waals surface area contributed by atoms with Crippen LogP contribution in [0.25, 0.3) is 0 Å². The van der Waals surface area contributed by atoms with Gasteiger partial charge in [-0.25, -0.2) is 0 Å². The lowest BCUT2D eigenvalue weighted by molar-refractivity contribution is 0.294. The molecule has 1 aromatic rings. The third kappa shape index (κ3) is 1.53. The highest BCUT2D eigenvalue weighted by Crippen LogP contribution is 2.22. The normalized spacial score (nSPS) is 20.4. The lowest BCUT2D eigenvalue weighted by atomic mass is 9.92. The molecule has 0 unspecified atom stereocenters. The second-order valence-electron chi connectivity index (χ2n) is 3.53. The lowest BCUT2D eigenvalue weighted by Crippen LogP contribution is -2.36. The van der Waals surface area contributed by atoms with Crippen LogP contribution in [0.2, 0.25) is 0 Å². The van der Waals surface area contributed by atoms with Crippen molar-refractivity contribution in [2.45, 2.75) is 38.3 Å². The molecule has 2 heteroatoms. The van der Waals surface area contributed by atoms with E-state index >= 15 is 0 Å². The molecule has 0 saturated heterocycles. The van der Waals surface area contributed by atoms with Crippen LogP contribution in [-0.4, -0.2) is 6.04 Å². The van der Waals surface area contributed by atoms with Gasteiger partial charge in [0.15, 0.2) is 0 Å². The van der Waals surface area contributed by atoms with E-state index in [1.165, 1.54) is 19.3 Å². The summed E-state index contributed by atoms with van der Waals surface area (Å²) < 4.78 is 5.30. The van der Waals surface area contributed by atoms with Crippen molar-refractivity contribution in [2.24, 2.45) is 0 Å². The molecule has 1 N–H and O–H groups in total. The number of nitrogens with one attached hydrogen (secondary N) is 1. The Balaban J connectivity index is 1.87. The molecule has 0 aromatic carbocycles. The average molecular weight is 165 g/mol. The molecule has 1 aromatic heterocycles. The predicted octanol–water partition coefficient (Wildman–Crippen LogP) is 2.48. The van der Waals surface area contributed by atoms with Crippen LogP contribution in [-0.2, 0) is 0 Å². The quantitative estimate of drug-likeness (QED) is 0.744. The van der Waals surface area contributed by atoms with Gasteiger partial charge in [0.25, 0.3) is 0 Å². The predicted molar refractivity (Wildman–Crippen MR) is 47.9 cm³/mol. The Morgan fingerprint density at radius 2 is 2.42 bits per heavy atom. The summed E-state index contributed by atoms with van der Waals surface area (Å²) in [5.74, 6) is 1.04. The van der Waals surface area contributed by atoms with E-state index in [0.717, 1.165) is 11.8 Å². The molecule has 0 aliphatic heterocycles. The Morgan fingerprint density at radius 3 is 2.92 bits per heavy atom. The first kappa shape index (κ1) is 7.87. The summed E-state index contributed by atoms with van der Waals surface area (Å²) in [5, 5.41) is 3.52.